The van der Waals surface area contributed by atoms with Gasteiger partial charge < -0.3 is 10.6 Å². The van der Waals surface area contributed by atoms with Gasteiger partial charge in [0.2, 0.25) is 21.8 Å². The molecule has 0 aromatic heterocycles. The van der Waals surface area contributed by atoms with Crippen molar-refractivity contribution in [2.45, 2.75) is 13.3 Å². The van der Waals surface area contributed by atoms with Crippen LogP contribution in [-0.4, -0.2) is 26.0 Å². The summed E-state index contributed by atoms with van der Waals surface area (Å²) in [5.74, 6) is -1.22. The van der Waals surface area contributed by atoms with Crippen molar-refractivity contribution in [1.82, 2.24) is 0 Å². The van der Waals surface area contributed by atoms with Crippen molar-refractivity contribution >= 4 is 38.9 Å². The minimum absolute atomic E-state index is 0.274. The van der Waals surface area contributed by atoms with Crippen LogP contribution in [0.4, 0.5) is 17.1 Å². The number of nitrogens with one attached hydrogen (secondary N) is 3. The smallest absolute Gasteiger partial charge is 0.233 e. The van der Waals surface area contributed by atoms with Gasteiger partial charge in [0.25, 0.3) is 0 Å². The molecule has 2 aromatic rings. The lowest BCUT2D eigenvalue weighted by atomic mass is 10.2. The molecule has 9 heteroatoms. The number of nitrogens with zero attached hydrogens (tertiary/aromatic N) is 1. The van der Waals surface area contributed by atoms with E-state index in [1.807, 2.05) is 6.07 Å². The number of sulfonamides is 1. The first kappa shape index (κ1) is 19.9. The van der Waals surface area contributed by atoms with Gasteiger partial charge in [0, 0.05) is 19.0 Å². The molecule has 3 N–H and O–H groups in total. The summed E-state index contributed by atoms with van der Waals surface area (Å²) < 4.78 is 26.7. The molecule has 0 spiro atoms. The molecule has 0 saturated carbocycles. The maximum atomic E-state index is 12.2. The van der Waals surface area contributed by atoms with E-state index in [4.69, 9.17) is 5.26 Å². The first-order valence-electron chi connectivity index (χ1n) is 7.96. The van der Waals surface area contributed by atoms with Crippen LogP contribution in [0.15, 0.2) is 48.5 Å². The van der Waals surface area contributed by atoms with E-state index in [1.165, 1.54) is 19.1 Å². The predicted octanol–water partition coefficient (Wildman–Crippen LogP) is 2.29. The van der Waals surface area contributed by atoms with Crippen LogP contribution in [0.1, 0.15) is 18.9 Å². The topological polar surface area (TPSA) is 128 Å². The van der Waals surface area contributed by atoms with Gasteiger partial charge in [0.05, 0.1) is 22.7 Å². The second-order valence-corrected chi connectivity index (χ2v) is 7.48. The Kier molecular flexibility index (Phi) is 6.51. The molecule has 0 radical (unpaired) electrons. The van der Waals surface area contributed by atoms with Crippen molar-refractivity contribution in [3.8, 4) is 6.07 Å². The highest BCUT2D eigenvalue weighted by Crippen LogP contribution is 2.17. The fraction of sp³-hybridized carbons (Fsp3) is 0.167. The highest BCUT2D eigenvalue weighted by Gasteiger charge is 2.15. The van der Waals surface area contributed by atoms with Crippen LogP contribution in [0.3, 0.4) is 0 Å². The highest BCUT2D eigenvalue weighted by molar-refractivity contribution is 7.92. The summed E-state index contributed by atoms with van der Waals surface area (Å²) in [6.45, 7) is 1.35. The molecule has 140 valence electrons. The Bertz CT molecular complexity index is 996. The zero-order chi connectivity index (χ0) is 19.9. The minimum Gasteiger partial charge on any atom is -0.326 e. The molecule has 0 unspecified atom stereocenters. The molecule has 0 atom stereocenters. The summed E-state index contributed by atoms with van der Waals surface area (Å²) in [4.78, 5) is 23.1. The molecule has 2 aromatic carbocycles. The Hall–Kier alpha value is -3.38. The summed E-state index contributed by atoms with van der Waals surface area (Å²) in [6, 6.07) is 14.6. The van der Waals surface area contributed by atoms with Gasteiger partial charge in [-0.15, -0.1) is 0 Å². The second kappa shape index (κ2) is 8.82. The molecule has 27 heavy (non-hydrogen) atoms. The van der Waals surface area contributed by atoms with E-state index in [2.05, 4.69) is 15.4 Å². The molecular weight excluding hydrogens is 368 g/mol. The fourth-order valence-electron chi connectivity index (χ4n) is 2.22. The van der Waals surface area contributed by atoms with Gasteiger partial charge in [-0.3, -0.25) is 14.3 Å². The van der Waals surface area contributed by atoms with Gasteiger partial charge in [-0.25, -0.2) is 8.42 Å². The number of carbonyl (C=O) groups is 2. The van der Waals surface area contributed by atoms with Crippen LogP contribution in [-0.2, 0) is 19.6 Å². The monoisotopic (exact) mass is 386 g/mol. The number of rotatable bonds is 7. The average molecular weight is 386 g/mol. The molecule has 0 aliphatic carbocycles. The number of nitriles is 1. The molecule has 0 saturated heterocycles. The summed E-state index contributed by atoms with van der Waals surface area (Å²) in [6.07, 6.45) is -0.277. The lowest BCUT2D eigenvalue weighted by Crippen LogP contribution is -2.22. The van der Waals surface area contributed by atoms with Crippen molar-refractivity contribution in [3.63, 3.8) is 0 Å². The zero-order valence-electron chi connectivity index (χ0n) is 14.5. The third-order valence-electron chi connectivity index (χ3n) is 3.38. The summed E-state index contributed by atoms with van der Waals surface area (Å²) in [5.41, 5.74) is 1.35. The van der Waals surface area contributed by atoms with Gasteiger partial charge in [-0.1, -0.05) is 18.2 Å². The van der Waals surface area contributed by atoms with E-state index in [1.54, 1.807) is 36.4 Å². The molecule has 0 fully saturated rings. The van der Waals surface area contributed by atoms with Crippen LogP contribution in [0.25, 0.3) is 0 Å². The maximum Gasteiger partial charge on any atom is 0.233 e. The Morgan fingerprint density at radius 2 is 1.74 bits per heavy atom. The second-order valence-electron chi connectivity index (χ2n) is 5.64. The summed E-state index contributed by atoms with van der Waals surface area (Å²) in [7, 11) is -3.77. The summed E-state index contributed by atoms with van der Waals surface area (Å²) in [5, 5.41) is 14.1. The molecule has 0 aliphatic rings. The Balaban J connectivity index is 1.95. The Labute approximate surface area is 157 Å². The van der Waals surface area contributed by atoms with Crippen molar-refractivity contribution in [2.75, 3.05) is 21.1 Å². The predicted molar refractivity (Wildman–Crippen MR) is 103 cm³/mol. The largest absolute Gasteiger partial charge is 0.326 e. The molecule has 8 nitrogen and oxygen atoms in total. The van der Waals surface area contributed by atoms with Crippen LogP contribution in [0, 0.1) is 11.3 Å². The van der Waals surface area contributed by atoms with Crippen LogP contribution < -0.4 is 15.4 Å². The van der Waals surface area contributed by atoms with Gasteiger partial charge in [0.15, 0.2) is 0 Å². The third-order valence-corrected chi connectivity index (χ3v) is 4.66. The van der Waals surface area contributed by atoms with Crippen molar-refractivity contribution in [1.29, 1.82) is 5.26 Å². The van der Waals surface area contributed by atoms with E-state index in [9.17, 15) is 18.0 Å². The standard InChI is InChI=1S/C18H18N4O4S/c1-13(23)20-15-6-4-7-16(11-15)22-27(25,26)10-9-18(24)21-17-8-3-2-5-14(17)12-19/h2-8,11,22H,9-10H2,1H3,(H,20,23)(H,21,24). The number of carbonyl (C=O) groups excluding carboxylic acids is 2. The first-order chi connectivity index (χ1) is 12.8. The number of anilines is 3. The third kappa shape index (κ3) is 6.45. The molecule has 0 bridgehead atoms. The number of hydrogen-bond acceptors (Lipinski definition) is 5. The van der Waals surface area contributed by atoms with E-state index in [0.29, 0.717) is 16.9 Å². The highest BCUT2D eigenvalue weighted by atomic mass is 32.2. The van der Waals surface area contributed by atoms with Gasteiger partial charge in [0.1, 0.15) is 6.07 Å². The van der Waals surface area contributed by atoms with E-state index in [-0.39, 0.29) is 18.0 Å². The van der Waals surface area contributed by atoms with Gasteiger partial charge in [-0.05, 0) is 30.3 Å². The van der Waals surface area contributed by atoms with E-state index < -0.39 is 21.7 Å². The van der Waals surface area contributed by atoms with Crippen LogP contribution in [0.5, 0.6) is 0 Å². The quantitative estimate of drug-likeness (QED) is 0.672. The lowest BCUT2D eigenvalue weighted by molar-refractivity contribution is -0.116. The van der Waals surface area contributed by atoms with Gasteiger partial charge in [-0.2, -0.15) is 5.26 Å². The number of amides is 2. The SMILES string of the molecule is CC(=O)Nc1cccc(NS(=O)(=O)CCC(=O)Nc2ccccc2C#N)c1. The first-order valence-corrected chi connectivity index (χ1v) is 9.61. The molecule has 0 heterocycles. The summed E-state index contributed by atoms with van der Waals surface area (Å²) >= 11 is 0. The van der Waals surface area contributed by atoms with Crippen molar-refractivity contribution in [2.24, 2.45) is 0 Å². The van der Waals surface area contributed by atoms with E-state index >= 15 is 0 Å². The van der Waals surface area contributed by atoms with Gasteiger partial charge >= 0.3 is 0 Å². The van der Waals surface area contributed by atoms with Crippen molar-refractivity contribution < 1.29 is 18.0 Å². The number of para-hydroxylation sites is 1. The molecule has 2 rings (SSSR count). The molecular formula is C18H18N4O4S. The molecule has 2 amide bonds. The van der Waals surface area contributed by atoms with Crippen molar-refractivity contribution in [3.05, 3.63) is 54.1 Å². The average Bonchev–Trinajstić information content (AvgIpc) is 2.60. The molecule has 0 aliphatic heterocycles. The normalized spacial score (nSPS) is 10.5. The number of hydrogen-bond donors (Lipinski definition) is 3. The fourth-order valence-corrected chi connectivity index (χ4v) is 3.27. The number of benzene rings is 2. The minimum atomic E-state index is -3.77. The Morgan fingerprint density at radius 3 is 2.44 bits per heavy atom. The van der Waals surface area contributed by atoms with Crippen LogP contribution >= 0.6 is 0 Å². The van der Waals surface area contributed by atoms with E-state index in [0.717, 1.165) is 0 Å². The lowest BCUT2D eigenvalue weighted by Gasteiger charge is -2.10. The Morgan fingerprint density at radius 1 is 1.04 bits per heavy atom. The zero-order valence-corrected chi connectivity index (χ0v) is 15.3. The maximum absolute atomic E-state index is 12.2. The van der Waals surface area contributed by atoms with Crippen LogP contribution in [0.2, 0.25) is 0 Å².